The van der Waals surface area contributed by atoms with Gasteiger partial charge in [-0.3, -0.25) is 14.3 Å². The first-order valence-electron chi connectivity index (χ1n) is 9.91. The van der Waals surface area contributed by atoms with Crippen LogP contribution in [0.1, 0.15) is 10.4 Å². The number of amides is 1. The van der Waals surface area contributed by atoms with Crippen molar-refractivity contribution in [2.24, 2.45) is 0 Å². The summed E-state index contributed by atoms with van der Waals surface area (Å²) in [6, 6.07) is 21.3. The molecule has 0 aliphatic heterocycles. The minimum absolute atomic E-state index is 0.0956. The van der Waals surface area contributed by atoms with E-state index in [0.717, 1.165) is 0 Å². The highest BCUT2D eigenvalue weighted by Gasteiger charge is 2.19. The number of nitrogens with one attached hydrogen (secondary N) is 3. The van der Waals surface area contributed by atoms with Crippen LogP contribution in [0.25, 0.3) is 16.6 Å². The van der Waals surface area contributed by atoms with E-state index in [4.69, 9.17) is 0 Å². The van der Waals surface area contributed by atoms with Gasteiger partial charge in [0, 0.05) is 0 Å². The van der Waals surface area contributed by atoms with Gasteiger partial charge in [0.05, 0.1) is 33.4 Å². The number of hydrogen-bond acceptors (Lipinski definition) is 5. The molecule has 33 heavy (non-hydrogen) atoms. The van der Waals surface area contributed by atoms with Crippen molar-refractivity contribution in [3.05, 3.63) is 101 Å². The number of carbonyl (C=O) groups excluding carboxylic acids is 1. The predicted octanol–water partition coefficient (Wildman–Crippen LogP) is 3.23. The van der Waals surface area contributed by atoms with Gasteiger partial charge in [-0.1, -0.05) is 42.5 Å². The first-order valence-corrected chi connectivity index (χ1v) is 11.4. The van der Waals surface area contributed by atoms with Crippen LogP contribution in [0.15, 0.2) is 94.7 Å². The number of nitrogens with zero attached hydrogens (tertiary/aromatic N) is 2. The lowest BCUT2D eigenvalue weighted by molar-refractivity contribution is 0.102. The van der Waals surface area contributed by atoms with Crippen molar-refractivity contribution in [1.82, 2.24) is 14.6 Å². The lowest BCUT2D eigenvalue weighted by Crippen LogP contribution is -2.18. The van der Waals surface area contributed by atoms with Crippen molar-refractivity contribution in [1.29, 1.82) is 0 Å². The fourth-order valence-electron chi connectivity index (χ4n) is 3.52. The van der Waals surface area contributed by atoms with Crippen LogP contribution in [-0.4, -0.2) is 28.9 Å². The molecule has 10 heteroatoms. The van der Waals surface area contributed by atoms with Gasteiger partial charge in [0.15, 0.2) is 0 Å². The molecule has 3 aromatic carbocycles. The topological polar surface area (TPSA) is 125 Å². The van der Waals surface area contributed by atoms with E-state index in [-0.39, 0.29) is 33.0 Å². The second kappa shape index (κ2) is 7.92. The first kappa shape index (κ1) is 20.5. The summed E-state index contributed by atoms with van der Waals surface area (Å²) < 4.78 is 29.4. The summed E-state index contributed by atoms with van der Waals surface area (Å²) in [5.41, 5.74) is 1.04. The fourth-order valence-corrected chi connectivity index (χ4v) is 4.62. The van der Waals surface area contributed by atoms with Gasteiger partial charge in [0.25, 0.3) is 21.5 Å². The molecule has 1 amide bonds. The fraction of sp³-hybridized carbons (Fsp3) is 0. The van der Waals surface area contributed by atoms with E-state index in [1.807, 2.05) is 0 Å². The van der Waals surface area contributed by atoms with Crippen LogP contribution in [0.5, 0.6) is 0 Å². The molecule has 0 saturated heterocycles. The lowest BCUT2D eigenvalue weighted by Gasteiger charge is -2.13. The number of aromatic amines is 1. The number of para-hydroxylation sites is 3. The third-order valence-electron chi connectivity index (χ3n) is 5.10. The molecule has 2 heterocycles. The molecule has 0 bridgehead atoms. The maximum atomic E-state index is 13.1. The predicted molar refractivity (Wildman–Crippen MR) is 125 cm³/mol. The molecule has 5 aromatic rings. The standard InChI is InChI=1S/C23H17N5O4S/c29-22-16-10-4-7-13-20(16)28-21(26-22)17(14-24-28)23(30)25-18-11-5-6-12-19(18)27-33(31,32)15-8-2-1-3-9-15/h1-14,27H,(H,25,30)(H,26,29). The van der Waals surface area contributed by atoms with E-state index in [9.17, 15) is 18.0 Å². The molecule has 9 nitrogen and oxygen atoms in total. The molecule has 0 aliphatic carbocycles. The summed E-state index contributed by atoms with van der Waals surface area (Å²) >= 11 is 0. The Labute approximate surface area is 187 Å². The van der Waals surface area contributed by atoms with E-state index in [2.05, 4.69) is 20.1 Å². The molecule has 0 atom stereocenters. The highest BCUT2D eigenvalue weighted by molar-refractivity contribution is 7.92. The van der Waals surface area contributed by atoms with Crippen molar-refractivity contribution in [3.8, 4) is 0 Å². The number of rotatable bonds is 5. The summed E-state index contributed by atoms with van der Waals surface area (Å²) in [6.45, 7) is 0. The quantitative estimate of drug-likeness (QED) is 0.372. The number of anilines is 2. The van der Waals surface area contributed by atoms with Crippen molar-refractivity contribution in [2.45, 2.75) is 4.90 Å². The molecular formula is C23H17N5O4S. The van der Waals surface area contributed by atoms with Gasteiger partial charge in [0.2, 0.25) is 0 Å². The van der Waals surface area contributed by atoms with Crippen LogP contribution < -0.4 is 15.6 Å². The van der Waals surface area contributed by atoms with Crippen LogP contribution in [0.2, 0.25) is 0 Å². The molecule has 0 saturated carbocycles. The molecular weight excluding hydrogens is 442 g/mol. The Kier molecular flexibility index (Phi) is 4.91. The Morgan fingerprint density at radius 1 is 0.879 bits per heavy atom. The number of carbonyl (C=O) groups is 1. The number of sulfonamides is 1. The molecule has 0 spiro atoms. The Bertz CT molecular complexity index is 1670. The maximum absolute atomic E-state index is 13.1. The van der Waals surface area contributed by atoms with E-state index < -0.39 is 15.9 Å². The van der Waals surface area contributed by atoms with Crippen LogP contribution in [0.4, 0.5) is 11.4 Å². The lowest BCUT2D eigenvalue weighted by atomic mass is 10.2. The number of fused-ring (bicyclic) bond motifs is 3. The number of H-pyrrole nitrogens is 1. The van der Waals surface area contributed by atoms with E-state index in [1.165, 1.54) is 22.8 Å². The number of aromatic nitrogens is 3. The van der Waals surface area contributed by atoms with Crippen LogP contribution in [0.3, 0.4) is 0 Å². The van der Waals surface area contributed by atoms with Crippen LogP contribution in [-0.2, 0) is 10.0 Å². The Balaban J connectivity index is 1.49. The molecule has 2 aromatic heterocycles. The Morgan fingerprint density at radius 3 is 2.33 bits per heavy atom. The second-order valence-electron chi connectivity index (χ2n) is 7.21. The Hall–Kier alpha value is -4.44. The second-order valence-corrected chi connectivity index (χ2v) is 8.89. The van der Waals surface area contributed by atoms with Gasteiger partial charge in [-0.25, -0.2) is 12.9 Å². The summed E-state index contributed by atoms with van der Waals surface area (Å²) in [7, 11) is -3.86. The van der Waals surface area contributed by atoms with Gasteiger partial charge in [-0.05, 0) is 36.4 Å². The van der Waals surface area contributed by atoms with Crippen LogP contribution in [0, 0.1) is 0 Å². The van der Waals surface area contributed by atoms with Crippen molar-refractivity contribution in [3.63, 3.8) is 0 Å². The van der Waals surface area contributed by atoms with Crippen molar-refractivity contribution >= 4 is 43.9 Å². The maximum Gasteiger partial charge on any atom is 0.261 e. The third kappa shape index (κ3) is 3.72. The zero-order valence-electron chi connectivity index (χ0n) is 17.0. The summed E-state index contributed by atoms with van der Waals surface area (Å²) in [5.74, 6) is -0.553. The van der Waals surface area contributed by atoms with Crippen molar-refractivity contribution in [2.75, 3.05) is 10.0 Å². The number of hydrogen-bond donors (Lipinski definition) is 3. The SMILES string of the molecule is O=C(Nc1ccccc1NS(=O)(=O)c1ccccc1)c1cnn2c1[nH]c(=O)c1ccccc12. The minimum Gasteiger partial charge on any atom is -0.320 e. The Morgan fingerprint density at radius 2 is 1.55 bits per heavy atom. The average Bonchev–Trinajstić information content (AvgIpc) is 3.25. The molecule has 0 fully saturated rings. The monoisotopic (exact) mass is 459 g/mol. The smallest absolute Gasteiger partial charge is 0.261 e. The minimum atomic E-state index is -3.86. The highest BCUT2D eigenvalue weighted by atomic mass is 32.2. The third-order valence-corrected chi connectivity index (χ3v) is 6.48. The summed E-state index contributed by atoms with van der Waals surface area (Å²) in [6.07, 6.45) is 1.35. The zero-order valence-corrected chi connectivity index (χ0v) is 17.8. The summed E-state index contributed by atoms with van der Waals surface area (Å²) in [4.78, 5) is 28.3. The van der Waals surface area contributed by atoms with Gasteiger partial charge >= 0.3 is 0 Å². The van der Waals surface area contributed by atoms with E-state index >= 15 is 0 Å². The highest BCUT2D eigenvalue weighted by Crippen LogP contribution is 2.25. The molecule has 3 N–H and O–H groups in total. The van der Waals surface area contributed by atoms with Gasteiger partial charge in [-0.2, -0.15) is 5.10 Å². The first-order chi connectivity index (χ1) is 15.9. The van der Waals surface area contributed by atoms with Gasteiger partial charge in [-0.15, -0.1) is 0 Å². The van der Waals surface area contributed by atoms with E-state index in [0.29, 0.717) is 10.9 Å². The van der Waals surface area contributed by atoms with Crippen molar-refractivity contribution < 1.29 is 13.2 Å². The van der Waals surface area contributed by atoms with Gasteiger partial charge in [0.1, 0.15) is 11.2 Å². The van der Waals surface area contributed by atoms with Crippen LogP contribution >= 0.6 is 0 Å². The molecule has 0 aliphatic rings. The molecule has 0 radical (unpaired) electrons. The molecule has 0 unspecified atom stereocenters. The zero-order chi connectivity index (χ0) is 23.0. The van der Waals surface area contributed by atoms with Gasteiger partial charge < -0.3 is 10.3 Å². The normalized spacial score (nSPS) is 11.5. The number of benzene rings is 3. The largest absolute Gasteiger partial charge is 0.320 e. The average molecular weight is 459 g/mol. The molecule has 164 valence electrons. The van der Waals surface area contributed by atoms with E-state index in [1.54, 1.807) is 66.7 Å². The summed E-state index contributed by atoms with van der Waals surface area (Å²) in [5, 5.41) is 7.40. The molecule has 5 rings (SSSR count).